The quantitative estimate of drug-likeness (QED) is 0.692. The summed E-state index contributed by atoms with van der Waals surface area (Å²) in [6, 6.07) is 12.2. The third kappa shape index (κ3) is 4.48. The summed E-state index contributed by atoms with van der Waals surface area (Å²) in [5, 5.41) is 3.28. The number of hydrogen-bond acceptors (Lipinski definition) is 3. The van der Waals surface area contributed by atoms with Crippen LogP contribution in [0.25, 0.3) is 0 Å². The molecule has 4 heteroatoms. The summed E-state index contributed by atoms with van der Waals surface area (Å²) >= 11 is 5.31. The number of methoxy groups -OCH3 is 1. The monoisotopic (exact) mass is 343 g/mol. The molecule has 3 nitrogen and oxygen atoms in total. The Bertz CT molecular complexity index is 713. The van der Waals surface area contributed by atoms with Gasteiger partial charge in [-0.3, -0.25) is 0 Å². The number of hydrogen-bond donors (Lipinski definition) is 1. The molecule has 0 aliphatic heterocycles. The fourth-order valence-electron chi connectivity index (χ4n) is 2.50. The van der Waals surface area contributed by atoms with Crippen molar-refractivity contribution in [1.82, 2.24) is 0 Å². The highest BCUT2D eigenvalue weighted by Crippen LogP contribution is 2.29. The third-order valence-electron chi connectivity index (χ3n) is 3.97. The minimum atomic E-state index is 0.422. The van der Waals surface area contributed by atoms with Crippen molar-refractivity contribution >= 4 is 22.9 Å². The molecule has 2 rings (SSSR count). The Morgan fingerprint density at radius 3 is 2.54 bits per heavy atom. The maximum absolute atomic E-state index is 6.06. The molecule has 128 valence electrons. The van der Waals surface area contributed by atoms with Gasteiger partial charge in [0.25, 0.3) is 0 Å². The Morgan fingerprint density at radius 1 is 1.12 bits per heavy atom. The van der Waals surface area contributed by atoms with E-state index in [1.165, 1.54) is 5.56 Å². The van der Waals surface area contributed by atoms with Crippen molar-refractivity contribution in [2.75, 3.05) is 12.4 Å². The Kier molecular flexibility index (Phi) is 6.62. The van der Waals surface area contributed by atoms with Crippen molar-refractivity contribution in [1.29, 1.82) is 0 Å². The molecule has 0 bridgehead atoms. The molecule has 0 spiro atoms. The first-order chi connectivity index (χ1) is 11.6. The summed E-state index contributed by atoms with van der Waals surface area (Å²) < 4.78 is 11.6. The van der Waals surface area contributed by atoms with E-state index in [2.05, 4.69) is 31.3 Å². The van der Waals surface area contributed by atoms with Crippen LogP contribution in [0.1, 0.15) is 37.0 Å². The van der Waals surface area contributed by atoms with Gasteiger partial charge in [0.05, 0.1) is 17.7 Å². The van der Waals surface area contributed by atoms with Gasteiger partial charge < -0.3 is 14.8 Å². The van der Waals surface area contributed by atoms with E-state index in [9.17, 15) is 0 Å². The van der Waals surface area contributed by atoms with E-state index >= 15 is 0 Å². The number of rotatable bonds is 7. The molecule has 2 aromatic rings. The summed E-state index contributed by atoms with van der Waals surface area (Å²) in [7, 11) is 1.67. The highest BCUT2D eigenvalue weighted by atomic mass is 32.1. The maximum atomic E-state index is 6.06. The highest BCUT2D eigenvalue weighted by Gasteiger charge is 2.12. The molecule has 0 aromatic heterocycles. The van der Waals surface area contributed by atoms with Gasteiger partial charge >= 0.3 is 0 Å². The van der Waals surface area contributed by atoms with Crippen LogP contribution in [0.15, 0.2) is 36.4 Å². The minimum absolute atomic E-state index is 0.422. The lowest BCUT2D eigenvalue weighted by Gasteiger charge is -2.17. The molecule has 0 saturated carbocycles. The van der Waals surface area contributed by atoms with Gasteiger partial charge in [0.15, 0.2) is 0 Å². The molecule has 0 aliphatic rings. The Hall–Kier alpha value is -2.07. The summed E-state index contributed by atoms with van der Waals surface area (Å²) in [6.45, 7) is 6.68. The molecular weight excluding hydrogens is 318 g/mol. The molecule has 2 aromatic carbocycles. The topological polar surface area (TPSA) is 30.5 Å². The van der Waals surface area contributed by atoms with E-state index in [1.807, 2.05) is 31.2 Å². The van der Waals surface area contributed by atoms with Gasteiger partial charge in [-0.1, -0.05) is 44.3 Å². The van der Waals surface area contributed by atoms with Crippen LogP contribution in [-0.2, 0) is 13.0 Å². The number of thiocarbonyl (C=S) groups is 1. The summed E-state index contributed by atoms with van der Waals surface area (Å²) in [4.78, 5) is 0.799. The molecule has 24 heavy (non-hydrogen) atoms. The van der Waals surface area contributed by atoms with Crippen molar-refractivity contribution in [3.8, 4) is 11.5 Å². The molecule has 0 heterocycles. The second-order valence-corrected chi connectivity index (χ2v) is 6.12. The highest BCUT2D eigenvalue weighted by molar-refractivity contribution is 7.80. The van der Waals surface area contributed by atoms with Crippen molar-refractivity contribution in [2.45, 2.75) is 40.2 Å². The van der Waals surface area contributed by atoms with Crippen LogP contribution in [0.2, 0.25) is 0 Å². The van der Waals surface area contributed by atoms with Gasteiger partial charge in [-0.2, -0.15) is 0 Å². The lowest BCUT2D eigenvalue weighted by atomic mass is 10.1. The normalized spacial score (nSPS) is 10.3. The first-order valence-corrected chi connectivity index (χ1v) is 8.67. The first kappa shape index (κ1) is 18.3. The number of benzene rings is 2. The predicted molar refractivity (Wildman–Crippen MR) is 104 cm³/mol. The van der Waals surface area contributed by atoms with Crippen LogP contribution in [0.5, 0.6) is 11.5 Å². The van der Waals surface area contributed by atoms with Crippen molar-refractivity contribution < 1.29 is 9.47 Å². The van der Waals surface area contributed by atoms with Crippen LogP contribution in [0.4, 0.5) is 5.69 Å². The van der Waals surface area contributed by atoms with Crippen LogP contribution < -0.4 is 14.8 Å². The summed E-state index contributed by atoms with van der Waals surface area (Å²) in [5.41, 5.74) is 4.36. The zero-order valence-corrected chi connectivity index (χ0v) is 15.6. The van der Waals surface area contributed by atoms with Crippen molar-refractivity contribution in [2.24, 2.45) is 0 Å². The first-order valence-electron chi connectivity index (χ1n) is 8.27. The van der Waals surface area contributed by atoms with Crippen molar-refractivity contribution in [3.05, 3.63) is 53.1 Å². The van der Waals surface area contributed by atoms with Gasteiger partial charge in [0.2, 0.25) is 0 Å². The van der Waals surface area contributed by atoms with Gasteiger partial charge in [-0.25, -0.2) is 0 Å². The number of nitrogens with one attached hydrogen (secondary N) is 1. The largest absolute Gasteiger partial charge is 0.496 e. The molecule has 1 N–H and O–H groups in total. The summed E-state index contributed by atoms with van der Waals surface area (Å²) in [6.07, 6.45) is 1.82. The van der Waals surface area contributed by atoms with Crippen LogP contribution >= 0.6 is 12.2 Å². The molecule has 0 aliphatic carbocycles. The average molecular weight is 343 g/mol. The Labute approximate surface area is 150 Å². The van der Waals surface area contributed by atoms with Gasteiger partial charge in [0.1, 0.15) is 18.1 Å². The number of ether oxygens (including phenoxy) is 2. The second kappa shape index (κ2) is 8.69. The molecule has 0 saturated heterocycles. The lowest BCUT2D eigenvalue weighted by molar-refractivity contribution is 0.295. The van der Waals surface area contributed by atoms with E-state index in [0.717, 1.165) is 46.1 Å². The van der Waals surface area contributed by atoms with Gasteiger partial charge in [-0.05, 0) is 49.1 Å². The van der Waals surface area contributed by atoms with E-state index in [-0.39, 0.29) is 0 Å². The number of anilines is 1. The zero-order valence-electron chi connectivity index (χ0n) is 14.8. The van der Waals surface area contributed by atoms with Crippen molar-refractivity contribution in [3.63, 3.8) is 0 Å². The molecule has 0 amide bonds. The van der Waals surface area contributed by atoms with E-state index in [4.69, 9.17) is 21.7 Å². The Balaban J connectivity index is 2.23. The van der Waals surface area contributed by atoms with Gasteiger partial charge in [-0.15, -0.1) is 0 Å². The second-order valence-electron chi connectivity index (χ2n) is 5.63. The average Bonchev–Trinajstić information content (AvgIpc) is 2.60. The fraction of sp³-hybridized carbons (Fsp3) is 0.350. The predicted octanol–water partition coefficient (Wildman–Crippen LogP) is 5.29. The minimum Gasteiger partial charge on any atom is -0.496 e. The lowest BCUT2D eigenvalue weighted by Crippen LogP contribution is -2.11. The zero-order chi connectivity index (χ0) is 17.5. The smallest absolute Gasteiger partial charge is 0.127 e. The van der Waals surface area contributed by atoms with Gasteiger partial charge in [0, 0.05) is 5.69 Å². The van der Waals surface area contributed by atoms with Crippen LogP contribution in [0.3, 0.4) is 0 Å². The van der Waals surface area contributed by atoms with Crippen LogP contribution in [0, 0.1) is 6.92 Å². The molecule has 0 atom stereocenters. The fourth-order valence-corrected chi connectivity index (χ4v) is 2.61. The molecule has 0 unspecified atom stereocenters. The maximum Gasteiger partial charge on any atom is 0.127 e. The third-order valence-corrected chi connectivity index (χ3v) is 4.36. The molecular formula is C20H25NO2S. The molecule has 0 fully saturated rings. The van der Waals surface area contributed by atoms with E-state index in [0.29, 0.717) is 6.61 Å². The molecule has 0 radical (unpaired) electrons. The van der Waals surface area contributed by atoms with Crippen LogP contribution in [-0.4, -0.2) is 12.1 Å². The number of aryl methyl sites for hydroxylation is 2. The standard InChI is InChI=1S/C20H25NO2S/c1-5-15-10-11-18(14(3)12-15)23-13-16-17(21-20(24)6-2)8-7-9-19(16)22-4/h7-12H,5-6,13H2,1-4H3,(H,21,24). The SMILES string of the molecule is CCC(=S)Nc1cccc(OC)c1COc1ccc(CC)cc1C. The van der Waals surface area contributed by atoms with E-state index in [1.54, 1.807) is 7.11 Å². The van der Waals surface area contributed by atoms with E-state index < -0.39 is 0 Å². The Morgan fingerprint density at radius 2 is 1.92 bits per heavy atom. The summed E-state index contributed by atoms with van der Waals surface area (Å²) in [5.74, 6) is 1.68.